The third-order valence-electron chi connectivity index (χ3n) is 12.5. The smallest absolute Gasteiger partial charge is 0.0575 e. The molecule has 276 valence electrons. The second-order valence-electron chi connectivity index (χ2n) is 15.8. The van der Waals surface area contributed by atoms with Crippen molar-refractivity contribution in [3.63, 3.8) is 0 Å². The van der Waals surface area contributed by atoms with Crippen LogP contribution in [0.5, 0.6) is 0 Å². The molecule has 11 aromatic rings. The number of benzene rings is 9. The van der Waals surface area contributed by atoms with Crippen LogP contribution in [0.4, 0.5) is 0 Å². The average Bonchev–Trinajstić information content (AvgIpc) is 3.65. The molecule has 0 amide bonds. The van der Waals surface area contributed by atoms with Crippen molar-refractivity contribution in [3.8, 4) is 39.1 Å². The van der Waals surface area contributed by atoms with Crippen molar-refractivity contribution >= 4 is 64.9 Å². The summed E-state index contributed by atoms with van der Waals surface area (Å²) in [5.41, 5.74) is 12.0. The molecule has 9 aromatic carbocycles. The zero-order valence-electron chi connectivity index (χ0n) is 32.4. The van der Waals surface area contributed by atoms with Crippen molar-refractivity contribution < 1.29 is 0 Å². The van der Waals surface area contributed by atoms with Crippen LogP contribution < -0.4 is 0 Å². The fourth-order valence-corrected chi connectivity index (χ4v) is 9.92. The first kappa shape index (κ1) is 33.6. The summed E-state index contributed by atoms with van der Waals surface area (Å²) in [7, 11) is 0. The van der Waals surface area contributed by atoms with E-state index in [2.05, 4.69) is 211 Å². The van der Waals surface area contributed by atoms with E-state index in [1.165, 1.54) is 98.3 Å². The lowest BCUT2D eigenvalue weighted by Crippen LogP contribution is -2.00. The first-order valence-corrected chi connectivity index (χ1v) is 20.6. The summed E-state index contributed by atoms with van der Waals surface area (Å²) in [5, 5.41) is 12.4. The van der Waals surface area contributed by atoms with Gasteiger partial charge in [-0.05, 0) is 119 Å². The average molecular weight is 751 g/mol. The fourth-order valence-electron chi connectivity index (χ4n) is 9.92. The number of para-hydroxylation sites is 1. The molecule has 12 rings (SSSR count). The summed E-state index contributed by atoms with van der Waals surface area (Å²) >= 11 is 0. The highest BCUT2D eigenvalue weighted by molar-refractivity contribution is 6.26. The molecule has 2 heteroatoms. The van der Waals surface area contributed by atoms with Gasteiger partial charge in [0.1, 0.15) is 0 Å². The quantitative estimate of drug-likeness (QED) is 0.160. The number of fused-ring (bicyclic) bond motifs is 7. The van der Waals surface area contributed by atoms with Crippen LogP contribution in [0.2, 0.25) is 0 Å². The second-order valence-corrected chi connectivity index (χ2v) is 15.8. The first-order valence-electron chi connectivity index (χ1n) is 20.6. The molecule has 0 bridgehead atoms. The van der Waals surface area contributed by atoms with Crippen LogP contribution in [0, 0.1) is 0 Å². The van der Waals surface area contributed by atoms with E-state index in [-0.39, 0.29) is 5.92 Å². The van der Waals surface area contributed by atoms with Gasteiger partial charge in [-0.15, -0.1) is 0 Å². The van der Waals surface area contributed by atoms with Gasteiger partial charge in [-0.2, -0.15) is 0 Å². The minimum atomic E-state index is 0.215. The zero-order valence-corrected chi connectivity index (χ0v) is 32.4. The number of hydrogen-bond acceptors (Lipinski definition) is 1. The molecule has 1 aliphatic carbocycles. The van der Waals surface area contributed by atoms with E-state index in [9.17, 15) is 0 Å². The van der Waals surface area contributed by atoms with Crippen molar-refractivity contribution in [1.82, 2.24) is 9.55 Å². The van der Waals surface area contributed by atoms with Crippen LogP contribution in [0.3, 0.4) is 0 Å². The van der Waals surface area contributed by atoms with Gasteiger partial charge in [0.25, 0.3) is 0 Å². The maximum absolute atomic E-state index is 5.09. The number of aromatic nitrogens is 2. The molecule has 0 aliphatic heterocycles. The Bertz CT molecular complexity index is 3520. The van der Waals surface area contributed by atoms with Gasteiger partial charge in [-0.3, -0.25) is 4.98 Å². The molecule has 0 radical (unpaired) electrons. The van der Waals surface area contributed by atoms with E-state index >= 15 is 0 Å². The molecule has 1 unspecified atom stereocenters. The van der Waals surface area contributed by atoms with Gasteiger partial charge in [0.05, 0.1) is 16.7 Å². The van der Waals surface area contributed by atoms with E-state index in [0.29, 0.717) is 0 Å². The summed E-state index contributed by atoms with van der Waals surface area (Å²) in [4.78, 5) is 5.09. The van der Waals surface area contributed by atoms with Gasteiger partial charge in [0, 0.05) is 28.6 Å². The first-order chi connectivity index (χ1) is 29.3. The molecule has 59 heavy (non-hydrogen) atoms. The van der Waals surface area contributed by atoms with Crippen molar-refractivity contribution in [1.29, 1.82) is 0 Å². The van der Waals surface area contributed by atoms with Crippen molar-refractivity contribution in [3.05, 3.63) is 218 Å². The number of allylic oxidation sites excluding steroid dienone is 4. The van der Waals surface area contributed by atoms with Gasteiger partial charge in [0.2, 0.25) is 0 Å². The summed E-state index contributed by atoms with van der Waals surface area (Å²) in [6.45, 7) is 0. The molecule has 2 heterocycles. The Kier molecular flexibility index (Phi) is 7.71. The second kappa shape index (κ2) is 13.5. The Morgan fingerprint density at radius 2 is 1.02 bits per heavy atom. The van der Waals surface area contributed by atoms with E-state index in [0.717, 1.165) is 17.8 Å². The third-order valence-corrected chi connectivity index (χ3v) is 12.5. The number of rotatable bonds is 5. The lowest BCUT2D eigenvalue weighted by Gasteiger charge is -2.20. The van der Waals surface area contributed by atoms with Gasteiger partial charge in [-0.1, -0.05) is 170 Å². The predicted molar refractivity (Wildman–Crippen MR) is 251 cm³/mol. The molecule has 1 aliphatic rings. The Hall–Kier alpha value is -7.55. The topological polar surface area (TPSA) is 17.8 Å². The molecular weight excluding hydrogens is 713 g/mol. The normalized spacial score (nSPS) is 14.1. The highest BCUT2D eigenvalue weighted by Gasteiger charge is 2.23. The minimum absolute atomic E-state index is 0.215. The van der Waals surface area contributed by atoms with Gasteiger partial charge in [-0.25, -0.2) is 0 Å². The Balaban J connectivity index is 1.17. The summed E-state index contributed by atoms with van der Waals surface area (Å²) < 4.78 is 2.41. The maximum Gasteiger partial charge on any atom is 0.0575 e. The van der Waals surface area contributed by atoms with Crippen LogP contribution in [0.1, 0.15) is 18.0 Å². The fraction of sp³-hybridized carbons (Fsp3) is 0.0351. The van der Waals surface area contributed by atoms with Crippen molar-refractivity contribution in [2.24, 2.45) is 0 Å². The molecule has 2 aromatic heterocycles. The van der Waals surface area contributed by atoms with Crippen LogP contribution in [0.25, 0.3) is 104 Å². The number of pyridine rings is 1. The van der Waals surface area contributed by atoms with Gasteiger partial charge < -0.3 is 4.57 Å². The monoisotopic (exact) mass is 750 g/mol. The van der Waals surface area contributed by atoms with E-state index in [4.69, 9.17) is 4.98 Å². The largest absolute Gasteiger partial charge is 0.309 e. The molecule has 2 nitrogen and oxygen atoms in total. The molecule has 0 spiro atoms. The Labute approximate surface area is 342 Å². The summed E-state index contributed by atoms with van der Waals surface area (Å²) in [6.07, 6.45) is 11.8. The Morgan fingerprint density at radius 3 is 1.69 bits per heavy atom. The Morgan fingerprint density at radius 1 is 0.441 bits per heavy atom. The number of nitrogens with zero attached hydrogens (tertiary/aromatic N) is 2. The van der Waals surface area contributed by atoms with Gasteiger partial charge >= 0.3 is 0 Å². The van der Waals surface area contributed by atoms with E-state index in [1.54, 1.807) is 0 Å². The third kappa shape index (κ3) is 5.30. The standard InChI is InChI=1S/C57H38N2/c1-3-17-39(18-4-1)57-56-51-36-41(30-32-52(51)59(53(56)33-34-58-57)42-21-5-2-6-22-42)40-29-31-49-50(35-40)55(46-28-14-20-38-16-8-10-24-44(38)46)48-26-12-11-25-47(48)54(49)45-27-13-19-37-15-7-9-23-43(37)45/h1-17,19-36,39H,18H2. The highest BCUT2D eigenvalue weighted by atomic mass is 15.0. The minimum Gasteiger partial charge on any atom is -0.309 e. The predicted octanol–water partition coefficient (Wildman–Crippen LogP) is 15.4. The molecule has 1 atom stereocenters. The SMILES string of the molecule is C1=CCC(c2nccc3c2c2cc(-c4ccc5c(-c6cccc7ccccc67)c6ccccc6c(-c6cccc7ccccc67)c5c4)ccc2n3-c2ccccc2)C=C1. The van der Waals surface area contributed by atoms with Crippen molar-refractivity contribution in [2.75, 3.05) is 0 Å². The van der Waals surface area contributed by atoms with Crippen molar-refractivity contribution in [2.45, 2.75) is 12.3 Å². The lowest BCUT2D eigenvalue weighted by molar-refractivity contribution is 0.826. The van der Waals surface area contributed by atoms with Crippen LogP contribution >= 0.6 is 0 Å². The highest BCUT2D eigenvalue weighted by Crippen LogP contribution is 2.48. The maximum atomic E-state index is 5.09. The van der Waals surface area contributed by atoms with E-state index in [1.807, 2.05) is 6.20 Å². The molecule has 0 N–H and O–H groups in total. The molecular formula is C57H38N2. The van der Waals surface area contributed by atoms with Crippen LogP contribution in [0.15, 0.2) is 212 Å². The molecule has 0 saturated carbocycles. The lowest BCUT2D eigenvalue weighted by atomic mass is 9.83. The zero-order chi connectivity index (χ0) is 38.9. The van der Waals surface area contributed by atoms with Crippen LogP contribution in [-0.4, -0.2) is 9.55 Å². The molecule has 0 saturated heterocycles. The van der Waals surface area contributed by atoms with E-state index < -0.39 is 0 Å². The van der Waals surface area contributed by atoms with Crippen LogP contribution in [-0.2, 0) is 0 Å². The number of hydrogen-bond donors (Lipinski definition) is 0. The summed E-state index contributed by atoms with van der Waals surface area (Å²) in [6, 6.07) is 67.2. The summed E-state index contributed by atoms with van der Waals surface area (Å²) in [5.74, 6) is 0.215. The molecule has 0 fully saturated rings. The van der Waals surface area contributed by atoms with Gasteiger partial charge in [0.15, 0.2) is 0 Å².